The van der Waals surface area contributed by atoms with Gasteiger partial charge in [0.2, 0.25) is 0 Å². The quantitative estimate of drug-likeness (QED) is 0.875. The van der Waals surface area contributed by atoms with Crippen molar-refractivity contribution in [1.29, 1.82) is 0 Å². The number of H-pyrrole nitrogens is 1. The predicted molar refractivity (Wildman–Crippen MR) is 100 cm³/mol. The van der Waals surface area contributed by atoms with Crippen LogP contribution in [0.3, 0.4) is 0 Å². The molecule has 2 aliphatic heterocycles. The number of aryl methyl sites for hydroxylation is 1. The van der Waals surface area contributed by atoms with E-state index in [1.54, 1.807) is 0 Å². The molecule has 1 aromatic heterocycles. The summed E-state index contributed by atoms with van der Waals surface area (Å²) in [5, 5.41) is 10.9. The zero-order chi connectivity index (χ0) is 17.5. The van der Waals surface area contributed by atoms with Gasteiger partial charge in [-0.25, -0.2) is 0 Å². The molecule has 3 aliphatic rings. The first-order valence-corrected chi connectivity index (χ1v) is 9.98. The van der Waals surface area contributed by atoms with Crippen molar-refractivity contribution in [1.82, 2.24) is 20.4 Å². The van der Waals surface area contributed by atoms with Gasteiger partial charge < -0.3 is 10.2 Å². The van der Waals surface area contributed by atoms with Crippen LogP contribution in [-0.4, -0.2) is 40.1 Å². The van der Waals surface area contributed by atoms with Gasteiger partial charge in [-0.2, -0.15) is 5.10 Å². The molecular formula is C21H26N4O. The SMILES string of the molecule is O=C(c1n[nH]c2c1CNCC2)N1CCCC1C1CCCc2ccccc21. The maximum Gasteiger partial charge on any atom is 0.274 e. The highest BCUT2D eigenvalue weighted by atomic mass is 16.2. The van der Waals surface area contributed by atoms with Gasteiger partial charge in [-0.05, 0) is 43.2 Å². The number of fused-ring (bicyclic) bond motifs is 2. The molecule has 26 heavy (non-hydrogen) atoms. The van der Waals surface area contributed by atoms with Crippen LogP contribution in [0.15, 0.2) is 24.3 Å². The fraction of sp³-hybridized carbons (Fsp3) is 0.524. The Balaban J connectivity index is 1.45. The minimum Gasteiger partial charge on any atom is -0.334 e. The summed E-state index contributed by atoms with van der Waals surface area (Å²) in [6.45, 7) is 2.56. The molecule has 2 N–H and O–H groups in total. The smallest absolute Gasteiger partial charge is 0.274 e. The van der Waals surface area contributed by atoms with Gasteiger partial charge in [-0.3, -0.25) is 9.89 Å². The van der Waals surface area contributed by atoms with Crippen molar-refractivity contribution in [2.45, 2.75) is 57.0 Å². The summed E-state index contributed by atoms with van der Waals surface area (Å²) < 4.78 is 0. The standard InChI is InChI=1S/C21H26N4O/c26-21(20-17-13-22-11-10-18(17)23-24-20)25-12-4-9-19(25)16-8-3-6-14-5-1-2-7-15(14)16/h1-2,5,7,16,19,22H,3-4,6,8-13H2,(H,23,24). The molecule has 1 amide bonds. The van der Waals surface area contributed by atoms with Crippen molar-refractivity contribution in [3.8, 4) is 0 Å². The topological polar surface area (TPSA) is 61.0 Å². The van der Waals surface area contributed by atoms with Gasteiger partial charge in [0.05, 0.1) is 0 Å². The Labute approximate surface area is 154 Å². The van der Waals surface area contributed by atoms with Crippen LogP contribution in [-0.2, 0) is 19.4 Å². The number of aromatic amines is 1. The molecule has 1 fully saturated rings. The van der Waals surface area contributed by atoms with Crippen LogP contribution >= 0.6 is 0 Å². The largest absolute Gasteiger partial charge is 0.334 e. The molecular weight excluding hydrogens is 324 g/mol. The van der Waals surface area contributed by atoms with Crippen molar-refractivity contribution in [2.75, 3.05) is 13.1 Å². The van der Waals surface area contributed by atoms with E-state index in [0.29, 0.717) is 17.7 Å². The lowest BCUT2D eigenvalue weighted by Gasteiger charge is -2.35. The molecule has 2 aromatic rings. The van der Waals surface area contributed by atoms with E-state index in [9.17, 15) is 4.79 Å². The van der Waals surface area contributed by atoms with Crippen molar-refractivity contribution in [2.24, 2.45) is 0 Å². The molecule has 136 valence electrons. The Hall–Kier alpha value is -2.14. The number of amides is 1. The second kappa shape index (κ2) is 6.54. The van der Waals surface area contributed by atoms with E-state index in [1.165, 1.54) is 30.4 Å². The molecule has 1 aromatic carbocycles. The monoisotopic (exact) mass is 350 g/mol. The summed E-state index contributed by atoms with van der Waals surface area (Å²) in [5.41, 5.74) is 5.79. The molecule has 0 saturated carbocycles. The fourth-order valence-electron chi connectivity index (χ4n) is 5.19. The summed E-state index contributed by atoms with van der Waals surface area (Å²) in [7, 11) is 0. The van der Waals surface area contributed by atoms with E-state index in [0.717, 1.165) is 50.2 Å². The summed E-state index contributed by atoms with van der Waals surface area (Å²) in [6.07, 6.45) is 6.71. The predicted octanol–water partition coefficient (Wildman–Crippen LogP) is 2.78. The van der Waals surface area contributed by atoms with Crippen LogP contribution in [0.2, 0.25) is 0 Å². The number of hydrogen-bond acceptors (Lipinski definition) is 3. The van der Waals surface area contributed by atoms with Crippen LogP contribution in [0, 0.1) is 0 Å². The first-order chi connectivity index (χ1) is 12.8. The lowest BCUT2D eigenvalue weighted by Crippen LogP contribution is -2.41. The van der Waals surface area contributed by atoms with Crippen LogP contribution in [0.4, 0.5) is 0 Å². The van der Waals surface area contributed by atoms with Crippen molar-refractivity contribution < 1.29 is 4.79 Å². The number of aromatic nitrogens is 2. The molecule has 0 bridgehead atoms. The second-order valence-electron chi connectivity index (χ2n) is 7.86. The van der Waals surface area contributed by atoms with Crippen molar-refractivity contribution in [3.05, 3.63) is 52.3 Å². The highest BCUT2D eigenvalue weighted by Crippen LogP contribution is 2.40. The van der Waals surface area contributed by atoms with Crippen molar-refractivity contribution in [3.63, 3.8) is 0 Å². The normalized spacial score (nSPS) is 25.0. The van der Waals surface area contributed by atoms with E-state index in [4.69, 9.17) is 0 Å². The number of nitrogens with zero attached hydrogens (tertiary/aromatic N) is 2. The number of carbonyl (C=O) groups is 1. The fourth-order valence-corrected chi connectivity index (χ4v) is 5.19. The molecule has 5 heteroatoms. The van der Waals surface area contributed by atoms with E-state index >= 15 is 0 Å². The van der Waals surface area contributed by atoms with Crippen LogP contribution in [0.1, 0.15) is 64.5 Å². The average Bonchev–Trinajstić information content (AvgIpc) is 3.34. The van der Waals surface area contributed by atoms with Gasteiger partial charge >= 0.3 is 0 Å². The molecule has 0 radical (unpaired) electrons. The van der Waals surface area contributed by atoms with E-state index < -0.39 is 0 Å². The third-order valence-electron chi connectivity index (χ3n) is 6.45. The molecule has 2 atom stereocenters. The Bertz CT molecular complexity index is 827. The third kappa shape index (κ3) is 2.57. The highest BCUT2D eigenvalue weighted by Gasteiger charge is 2.39. The maximum absolute atomic E-state index is 13.4. The van der Waals surface area contributed by atoms with Crippen LogP contribution < -0.4 is 5.32 Å². The van der Waals surface area contributed by atoms with E-state index in [-0.39, 0.29) is 5.91 Å². The van der Waals surface area contributed by atoms with E-state index in [1.807, 2.05) is 0 Å². The van der Waals surface area contributed by atoms with Crippen molar-refractivity contribution >= 4 is 5.91 Å². The first kappa shape index (κ1) is 16.1. The van der Waals surface area contributed by atoms with Gasteiger partial charge in [0.1, 0.15) is 0 Å². The maximum atomic E-state index is 13.4. The van der Waals surface area contributed by atoms with Gasteiger partial charge in [-0.1, -0.05) is 24.3 Å². The molecule has 3 heterocycles. The number of benzene rings is 1. The summed E-state index contributed by atoms with van der Waals surface area (Å²) in [5.74, 6) is 0.594. The zero-order valence-electron chi connectivity index (χ0n) is 15.1. The van der Waals surface area contributed by atoms with Crippen LogP contribution in [0.5, 0.6) is 0 Å². The van der Waals surface area contributed by atoms with Gasteiger partial charge in [0, 0.05) is 49.3 Å². The molecule has 1 aliphatic carbocycles. The Morgan fingerprint density at radius 3 is 3.04 bits per heavy atom. The average molecular weight is 350 g/mol. The van der Waals surface area contributed by atoms with Gasteiger partial charge in [-0.15, -0.1) is 0 Å². The zero-order valence-corrected chi connectivity index (χ0v) is 15.1. The van der Waals surface area contributed by atoms with Gasteiger partial charge in [0.25, 0.3) is 5.91 Å². The number of likely N-dealkylation sites (tertiary alicyclic amines) is 1. The lowest BCUT2D eigenvalue weighted by molar-refractivity contribution is 0.0703. The Morgan fingerprint density at radius 1 is 1.15 bits per heavy atom. The minimum atomic E-state index is 0.122. The lowest BCUT2D eigenvalue weighted by atomic mass is 9.78. The summed E-state index contributed by atoms with van der Waals surface area (Å²) in [4.78, 5) is 15.5. The second-order valence-corrected chi connectivity index (χ2v) is 7.86. The molecule has 1 saturated heterocycles. The summed E-state index contributed by atoms with van der Waals surface area (Å²) >= 11 is 0. The number of nitrogens with one attached hydrogen (secondary N) is 2. The Morgan fingerprint density at radius 2 is 2.08 bits per heavy atom. The Kier molecular flexibility index (Phi) is 4.04. The molecule has 0 spiro atoms. The minimum absolute atomic E-state index is 0.122. The third-order valence-corrected chi connectivity index (χ3v) is 6.45. The summed E-state index contributed by atoms with van der Waals surface area (Å²) in [6, 6.07) is 9.14. The molecule has 5 nitrogen and oxygen atoms in total. The molecule has 2 unspecified atom stereocenters. The molecule has 5 rings (SSSR count). The first-order valence-electron chi connectivity index (χ1n) is 9.98. The van der Waals surface area contributed by atoms with Crippen LogP contribution in [0.25, 0.3) is 0 Å². The van der Waals surface area contributed by atoms with Gasteiger partial charge in [0.15, 0.2) is 5.69 Å². The number of hydrogen-bond donors (Lipinski definition) is 2. The highest BCUT2D eigenvalue weighted by molar-refractivity contribution is 5.94. The number of carbonyl (C=O) groups excluding carboxylic acids is 1. The van der Waals surface area contributed by atoms with E-state index in [2.05, 4.69) is 44.7 Å². The number of rotatable bonds is 2.